The Bertz CT molecular complexity index is 954. The fourth-order valence-electron chi connectivity index (χ4n) is 4.01. The second-order valence-electron chi connectivity index (χ2n) is 7.38. The molecule has 1 fully saturated rings. The smallest absolute Gasteiger partial charge is 0.243 e. The largest absolute Gasteiger partial charge is 0.312 e. The molecule has 2 aliphatic heterocycles. The number of para-hydroxylation sites is 1. The monoisotopic (exact) mass is 384 g/mol. The van der Waals surface area contributed by atoms with E-state index in [1.165, 1.54) is 9.87 Å². The molecule has 0 spiro atoms. The number of carbonyl (C=O) groups is 1. The summed E-state index contributed by atoms with van der Waals surface area (Å²) in [5.74, 6) is -0.242. The van der Waals surface area contributed by atoms with Crippen LogP contribution in [0.2, 0.25) is 0 Å². The number of piperidine rings is 1. The lowest BCUT2D eigenvalue weighted by molar-refractivity contribution is -0.123. The molecule has 0 bridgehead atoms. The Hall–Kier alpha value is -2.18. The summed E-state index contributed by atoms with van der Waals surface area (Å²) in [6.07, 6.45) is 2.30. The Morgan fingerprint density at radius 2 is 1.78 bits per heavy atom. The number of anilines is 1. The molecule has 0 aromatic heterocycles. The Morgan fingerprint density at radius 3 is 2.56 bits per heavy atom. The van der Waals surface area contributed by atoms with Gasteiger partial charge in [0.1, 0.15) is 0 Å². The van der Waals surface area contributed by atoms with Crippen LogP contribution in [-0.4, -0.2) is 38.3 Å². The van der Waals surface area contributed by atoms with E-state index in [1.54, 1.807) is 24.3 Å². The fraction of sp³-hybridized carbons (Fsp3) is 0.381. The number of rotatable bonds is 3. The summed E-state index contributed by atoms with van der Waals surface area (Å²) in [6, 6.07) is 14.9. The van der Waals surface area contributed by atoms with Gasteiger partial charge in [-0.1, -0.05) is 35.9 Å². The zero-order valence-corrected chi connectivity index (χ0v) is 16.3. The first-order chi connectivity index (χ1) is 13.0. The van der Waals surface area contributed by atoms with Crippen molar-refractivity contribution in [2.24, 2.45) is 5.92 Å². The highest BCUT2D eigenvalue weighted by molar-refractivity contribution is 7.89. The molecule has 1 atom stereocenters. The molecule has 1 saturated heterocycles. The van der Waals surface area contributed by atoms with Crippen molar-refractivity contribution in [1.82, 2.24) is 4.31 Å². The Morgan fingerprint density at radius 1 is 1.04 bits per heavy atom. The van der Waals surface area contributed by atoms with E-state index in [0.29, 0.717) is 24.4 Å². The first kappa shape index (κ1) is 18.2. The van der Waals surface area contributed by atoms with Crippen LogP contribution in [-0.2, 0) is 21.2 Å². The number of benzene rings is 2. The first-order valence-electron chi connectivity index (χ1n) is 9.43. The molecule has 0 unspecified atom stereocenters. The maximum atomic E-state index is 13.1. The van der Waals surface area contributed by atoms with Crippen LogP contribution in [0.25, 0.3) is 0 Å². The van der Waals surface area contributed by atoms with E-state index in [-0.39, 0.29) is 18.4 Å². The summed E-state index contributed by atoms with van der Waals surface area (Å²) in [5.41, 5.74) is 3.18. The predicted octanol–water partition coefficient (Wildman–Crippen LogP) is 2.99. The Kier molecular flexibility index (Phi) is 4.78. The van der Waals surface area contributed by atoms with Crippen LogP contribution in [0.4, 0.5) is 5.69 Å². The van der Waals surface area contributed by atoms with E-state index in [4.69, 9.17) is 0 Å². The van der Waals surface area contributed by atoms with Gasteiger partial charge in [-0.3, -0.25) is 4.79 Å². The van der Waals surface area contributed by atoms with Crippen molar-refractivity contribution in [3.8, 4) is 0 Å². The summed E-state index contributed by atoms with van der Waals surface area (Å²) in [4.78, 5) is 15.3. The lowest BCUT2D eigenvalue weighted by Gasteiger charge is -2.33. The molecule has 2 aliphatic rings. The molecular weight excluding hydrogens is 360 g/mol. The van der Waals surface area contributed by atoms with Crippen LogP contribution in [0, 0.1) is 12.8 Å². The van der Waals surface area contributed by atoms with Gasteiger partial charge in [-0.2, -0.15) is 4.31 Å². The molecule has 6 heteroatoms. The van der Waals surface area contributed by atoms with Crippen molar-refractivity contribution >= 4 is 21.6 Å². The van der Waals surface area contributed by atoms with Crippen molar-refractivity contribution in [2.45, 2.75) is 31.1 Å². The third-order valence-electron chi connectivity index (χ3n) is 5.55. The summed E-state index contributed by atoms with van der Waals surface area (Å²) < 4.78 is 27.5. The molecule has 0 N–H and O–H groups in total. The van der Waals surface area contributed by atoms with E-state index in [9.17, 15) is 13.2 Å². The quantitative estimate of drug-likeness (QED) is 0.817. The van der Waals surface area contributed by atoms with Gasteiger partial charge >= 0.3 is 0 Å². The number of amides is 1. The topological polar surface area (TPSA) is 57.7 Å². The van der Waals surface area contributed by atoms with Gasteiger partial charge in [0.05, 0.1) is 10.8 Å². The highest BCUT2D eigenvalue weighted by Crippen LogP contribution is 2.31. The SMILES string of the molecule is Cc1ccc(S(=O)(=O)N2CCC[C@H](C(=O)N3CCc4ccccc43)C2)cc1. The molecule has 2 aromatic rings. The van der Waals surface area contributed by atoms with Gasteiger partial charge in [0.25, 0.3) is 0 Å². The summed E-state index contributed by atoms with van der Waals surface area (Å²) >= 11 is 0. The highest BCUT2D eigenvalue weighted by atomic mass is 32.2. The van der Waals surface area contributed by atoms with Crippen molar-refractivity contribution in [1.29, 1.82) is 0 Å². The van der Waals surface area contributed by atoms with Gasteiger partial charge in [0, 0.05) is 25.3 Å². The molecule has 142 valence electrons. The molecule has 4 rings (SSSR count). The van der Waals surface area contributed by atoms with Gasteiger partial charge in [-0.05, 0) is 49.9 Å². The van der Waals surface area contributed by atoms with Gasteiger partial charge < -0.3 is 4.90 Å². The molecular formula is C21H24N2O3S. The van der Waals surface area contributed by atoms with Gasteiger partial charge in [-0.15, -0.1) is 0 Å². The summed E-state index contributed by atoms with van der Waals surface area (Å²) in [6.45, 7) is 3.34. The Labute approximate surface area is 160 Å². The molecule has 27 heavy (non-hydrogen) atoms. The number of carbonyl (C=O) groups excluding carboxylic acids is 1. The number of sulfonamides is 1. The molecule has 5 nitrogen and oxygen atoms in total. The number of nitrogens with zero attached hydrogens (tertiary/aromatic N) is 2. The minimum absolute atomic E-state index is 0.0451. The average Bonchev–Trinajstić information content (AvgIpc) is 3.12. The van der Waals surface area contributed by atoms with E-state index in [0.717, 1.165) is 24.1 Å². The van der Waals surface area contributed by atoms with Crippen molar-refractivity contribution in [3.63, 3.8) is 0 Å². The maximum Gasteiger partial charge on any atom is 0.243 e. The van der Waals surface area contributed by atoms with Crippen molar-refractivity contribution in [2.75, 3.05) is 24.5 Å². The molecule has 2 aromatic carbocycles. The Balaban J connectivity index is 1.53. The van der Waals surface area contributed by atoms with Crippen molar-refractivity contribution in [3.05, 3.63) is 59.7 Å². The molecule has 0 saturated carbocycles. The number of aryl methyl sites for hydroxylation is 1. The van der Waals surface area contributed by atoms with Crippen LogP contribution < -0.4 is 4.90 Å². The first-order valence-corrected chi connectivity index (χ1v) is 10.9. The standard InChI is InChI=1S/C21H24N2O3S/c1-16-8-10-19(11-9-16)27(25,26)22-13-4-6-18(15-22)21(24)23-14-12-17-5-2-3-7-20(17)23/h2-3,5,7-11,18H,4,6,12-15H2,1H3/t18-/m0/s1. The van der Waals surface area contributed by atoms with Crippen LogP contribution in [0.1, 0.15) is 24.0 Å². The lowest BCUT2D eigenvalue weighted by atomic mass is 9.98. The van der Waals surface area contributed by atoms with Gasteiger partial charge in [-0.25, -0.2) is 8.42 Å². The van der Waals surface area contributed by atoms with Crippen LogP contribution in [0.15, 0.2) is 53.4 Å². The average molecular weight is 385 g/mol. The molecule has 1 amide bonds. The van der Waals surface area contributed by atoms with Gasteiger partial charge in [0.15, 0.2) is 0 Å². The molecule has 2 heterocycles. The minimum atomic E-state index is -3.57. The van der Waals surface area contributed by atoms with Crippen LogP contribution in [0.5, 0.6) is 0 Å². The van der Waals surface area contributed by atoms with E-state index in [1.807, 2.05) is 30.0 Å². The van der Waals surface area contributed by atoms with Gasteiger partial charge in [0.2, 0.25) is 15.9 Å². The van der Waals surface area contributed by atoms with Crippen molar-refractivity contribution < 1.29 is 13.2 Å². The van der Waals surface area contributed by atoms with E-state index in [2.05, 4.69) is 6.07 Å². The van der Waals surface area contributed by atoms with E-state index < -0.39 is 10.0 Å². The number of hydrogen-bond acceptors (Lipinski definition) is 3. The minimum Gasteiger partial charge on any atom is -0.312 e. The fourth-order valence-corrected chi connectivity index (χ4v) is 5.53. The third-order valence-corrected chi connectivity index (χ3v) is 7.42. The normalized spacial score (nSPS) is 20.5. The second-order valence-corrected chi connectivity index (χ2v) is 9.32. The lowest BCUT2D eigenvalue weighted by Crippen LogP contribution is -2.46. The zero-order valence-electron chi connectivity index (χ0n) is 15.5. The molecule has 0 aliphatic carbocycles. The summed E-state index contributed by atoms with van der Waals surface area (Å²) in [5, 5.41) is 0. The van der Waals surface area contributed by atoms with E-state index >= 15 is 0 Å². The van der Waals surface area contributed by atoms with Crippen LogP contribution in [0.3, 0.4) is 0 Å². The third kappa shape index (κ3) is 3.39. The summed E-state index contributed by atoms with van der Waals surface area (Å²) in [7, 11) is -3.57. The second kappa shape index (κ2) is 7.09. The number of hydrogen-bond donors (Lipinski definition) is 0. The predicted molar refractivity (Wildman–Crippen MR) is 105 cm³/mol. The highest BCUT2D eigenvalue weighted by Gasteiger charge is 2.36. The number of fused-ring (bicyclic) bond motifs is 1. The van der Waals surface area contributed by atoms with Crippen LogP contribution >= 0.6 is 0 Å². The molecule has 0 radical (unpaired) electrons. The zero-order chi connectivity index (χ0) is 19.0. The maximum absolute atomic E-state index is 13.1.